The molecule has 1 aromatic heterocycles. The van der Waals surface area contributed by atoms with Crippen molar-refractivity contribution in [1.29, 1.82) is 5.41 Å². The summed E-state index contributed by atoms with van der Waals surface area (Å²) in [7, 11) is 0. The molecular weight excluding hydrogens is 334 g/mol. The lowest BCUT2D eigenvalue weighted by molar-refractivity contribution is 0.100. The quantitative estimate of drug-likeness (QED) is 0.211. The molecule has 2 aromatic rings. The summed E-state index contributed by atoms with van der Waals surface area (Å²) >= 11 is 0. The normalized spacial score (nSPS) is 10.5. The largest absolute Gasteiger partial charge is 0.365 e. The molecule has 0 atom stereocenters. The number of primary amides is 1. The van der Waals surface area contributed by atoms with E-state index in [-0.39, 0.29) is 5.56 Å². The number of nitrogens with two attached hydrogens (primary N) is 2. The molecule has 0 fully saturated rings. The second-order valence-corrected chi connectivity index (χ2v) is 5.15. The van der Waals surface area contributed by atoms with E-state index in [1.807, 2.05) is 0 Å². The van der Waals surface area contributed by atoms with Crippen LogP contribution in [-0.2, 0) is 0 Å². The van der Waals surface area contributed by atoms with Crippen molar-refractivity contribution in [2.75, 3.05) is 29.1 Å². The number of hydrazone groups is 1. The van der Waals surface area contributed by atoms with E-state index < -0.39 is 5.91 Å². The third-order valence-corrected chi connectivity index (χ3v) is 3.19. The highest BCUT2D eigenvalue weighted by Gasteiger charge is 2.12. The molecule has 0 aliphatic carbocycles. The number of amides is 1. The minimum atomic E-state index is -0.633. The van der Waals surface area contributed by atoms with Crippen LogP contribution in [0.4, 0.5) is 23.1 Å². The Bertz CT molecular complexity index is 791. The maximum absolute atomic E-state index is 11.6. The first-order chi connectivity index (χ1) is 12.6. The van der Waals surface area contributed by atoms with Gasteiger partial charge >= 0.3 is 0 Å². The predicted molar refractivity (Wildman–Crippen MR) is 103 cm³/mol. The van der Waals surface area contributed by atoms with Gasteiger partial charge < -0.3 is 27.5 Å². The van der Waals surface area contributed by atoms with Gasteiger partial charge in [-0.2, -0.15) is 10.1 Å². The second-order valence-electron chi connectivity index (χ2n) is 5.15. The molecule has 0 aliphatic rings. The Labute approximate surface area is 150 Å². The van der Waals surface area contributed by atoms with Crippen LogP contribution >= 0.6 is 0 Å². The van der Waals surface area contributed by atoms with Crippen LogP contribution in [0.15, 0.2) is 35.6 Å². The molecule has 0 saturated heterocycles. The lowest BCUT2D eigenvalue weighted by atomic mass is 10.2. The monoisotopic (exact) mass is 355 g/mol. The highest BCUT2D eigenvalue weighted by molar-refractivity contribution is 6.14. The summed E-state index contributed by atoms with van der Waals surface area (Å²) in [5.74, 6) is 0.0320. The molecule has 2 rings (SSSR count). The number of carbonyl (C=O) groups is 1. The standard InChI is InChI=1S/C16H21N9O/c17-5-2-7-20-16-21-10-13(14(19)26)15(24-16)23-11-3-1-4-12(9-11)25-22-8-6-18/h1,3-4,6,8-10,18,25H,2,5,7,17H2,(H2,19,26)(H2,20,21,23,24). The molecule has 0 saturated carbocycles. The highest BCUT2D eigenvalue weighted by atomic mass is 16.1. The molecule has 8 N–H and O–H groups in total. The first-order valence-electron chi connectivity index (χ1n) is 7.90. The minimum Gasteiger partial charge on any atom is -0.365 e. The second kappa shape index (κ2) is 9.69. The zero-order valence-electron chi connectivity index (χ0n) is 14.1. The van der Waals surface area contributed by atoms with Gasteiger partial charge in [-0.15, -0.1) is 0 Å². The average Bonchev–Trinajstić information content (AvgIpc) is 2.62. The minimum absolute atomic E-state index is 0.176. The molecule has 1 aromatic carbocycles. The van der Waals surface area contributed by atoms with E-state index in [4.69, 9.17) is 16.9 Å². The molecule has 0 aliphatic heterocycles. The first-order valence-corrected chi connectivity index (χ1v) is 7.90. The van der Waals surface area contributed by atoms with Crippen LogP contribution < -0.4 is 27.5 Å². The van der Waals surface area contributed by atoms with Gasteiger partial charge in [0.2, 0.25) is 5.95 Å². The number of nitrogens with zero attached hydrogens (tertiary/aromatic N) is 3. The summed E-state index contributed by atoms with van der Waals surface area (Å²) in [4.78, 5) is 20.0. The fourth-order valence-electron chi connectivity index (χ4n) is 2.00. The number of nitrogens with one attached hydrogen (secondary N) is 4. The Morgan fingerprint density at radius 2 is 2.15 bits per heavy atom. The lowest BCUT2D eigenvalue weighted by Crippen LogP contribution is -2.17. The van der Waals surface area contributed by atoms with Crippen molar-refractivity contribution in [3.05, 3.63) is 36.0 Å². The maximum Gasteiger partial charge on any atom is 0.254 e. The zero-order valence-corrected chi connectivity index (χ0v) is 14.1. The zero-order chi connectivity index (χ0) is 18.8. The van der Waals surface area contributed by atoms with Crippen LogP contribution in [-0.4, -0.2) is 41.4 Å². The smallest absolute Gasteiger partial charge is 0.254 e. The van der Waals surface area contributed by atoms with Crippen molar-refractivity contribution < 1.29 is 4.79 Å². The van der Waals surface area contributed by atoms with Crippen LogP contribution in [0.1, 0.15) is 16.8 Å². The molecule has 1 amide bonds. The first kappa shape index (κ1) is 18.8. The van der Waals surface area contributed by atoms with Gasteiger partial charge in [0.15, 0.2) is 0 Å². The van der Waals surface area contributed by atoms with Crippen molar-refractivity contribution in [3.63, 3.8) is 0 Å². The number of carbonyl (C=O) groups excluding carboxylic acids is 1. The summed E-state index contributed by atoms with van der Waals surface area (Å²) in [6.07, 6.45) is 4.52. The SMILES string of the molecule is N=CC=NNc1cccc(Nc2nc(NCCCN)ncc2C(N)=O)c1. The fourth-order valence-corrected chi connectivity index (χ4v) is 2.00. The van der Waals surface area contributed by atoms with Crippen molar-refractivity contribution in [2.24, 2.45) is 16.6 Å². The summed E-state index contributed by atoms with van der Waals surface area (Å²) < 4.78 is 0. The summed E-state index contributed by atoms with van der Waals surface area (Å²) in [5, 5.41) is 16.8. The van der Waals surface area contributed by atoms with E-state index in [9.17, 15) is 4.79 Å². The van der Waals surface area contributed by atoms with Crippen LogP contribution in [0.3, 0.4) is 0 Å². The Balaban J connectivity index is 2.21. The number of rotatable bonds is 10. The summed E-state index contributed by atoms with van der Waals surface area (Å²) in [6, 6.07) is 7.19. The molecule has 10 nitrogen and oxygen atoms in total. The average molecular weight is 355 g/mol. The number of hydrogen-bond donors (Lipinski definition) is 6. The van der Waals surface area contributed by atoms with Crippen LogP contribution in [0.5, 0.6) is 0 Å². The van der Waals surface area contributed by atoms with Crippen molar-refractivity contribution in [2.45, 2.75) is 6.42 Å². The molecule has 0 radical (unpaired) electrons. The number of aromatic nitrogens is 2. The number of benzene rings is 1. The number of hydrogen-bond acceptors (Lipinski definition) is 9. The van der Waals surface area contributed by atoms with E-state index in [0.717, 1.165) is 12.6 Å². The molecule has 0 bridgehead atoms. The van der Waals surface area contributed by atoms with Gasteiger partial charge in [0.1, 0.15) is 11.4 Å². The topological polar surface area (TPSA) is 167 Å². The summed E-state index contributed by atoms with van der Waals surface area (Å²) in [5.41, 5.74) is 15.2. The Kier molecular flexibility index (Phi) is 7.01. The van der Waals surface area contributed by atoms with E-state index in [0.29, 0.717) is 36.2 Å². The van der Waals surface area contributed by atoms with E-state index in [1.54, 1.807) is 24.3 Å². The van der Waals surface area contributed by atoms with E-state index in [1.165, 1.54) is 12.4 Å². The van der Waals surface area contributed by atoms with Crippen LogP contribution in [0.25, 0.3) is 0 Å². The molecule has 1 heterocycles. The Morgan fingerprint density at radius 3 is 2.88 bits per heavy atom. The third kappa shape index (κ3) is 5.53. The van der Waals surface area contributed by atoms with Crippen molar-refractivity contribution in [1.82, 2.24) is 9.97 Å². The summed E-state index contributed by atoms with van der Waals surface area (Å²) in [6.45, 7) is 1.17. The highest BCUT2D eigenvalue weighted by Crippen LogP contribution is 2.22. The molecule has 26 heavy (non-hydrogen) atoms. The Hall–Kier alpha value is -3.53. The molecular formula is C16H21N9O. The van der Waals surface area contributed by atoms with Crippen LogP contribution in [0, 0.1) is 5.41 Å². The van der Waals surface area contributed by atoms with Gasteiger partial charge in [0, 0.05) is 24.6 Å². The van der Waals surface area contributed by atoms with Crippen molar-refractivity contribution >= 4 is 41.5 Å². The molecule has 10 heteroatoms. The van der Waals surface area contributed by atoms with Gasteiger partial charge in [0.25, 0.3) is 5.91 Å². The van der Waals surface area contributed by atoms with Gasteiger partial charge in [-0.25, -0.2) is 4.98 Å². The third-order valence-electron chi connectivity index (χ3n) is 3.19. The lowest BCUT2D eigenvalue weighted by Gasteiger charge is -2.12. The van der Waals surface area contributed by atoms with Gasteiger partial charge in [0.05, 0.1) is 11.9 Å². The Morgan fingerprint density at radius 1 is 1.35 bits per heavy atom. The van der Waals surface area contributed by atoms with Gasteiger partial charge in [-0.3, -0.25) is 10.2 Å². The van der Waals surface area contributed by atoms with Crippen LogP contribution in [0.2, 0.25) is 0 Å². The molecule has 136 valence electrons. The van der Waals surface area contributed by atoms with Crippen molar-refractivity contribution in [3.8, 4) is 0 Å². The molecule has 0 spiro atoms. The van der Waals surface area contributed by atoms with Gasteiger partial charge in [-0.1, -0.05) is 6.07 Å². The van der Waals surface area contributed by atoms with E-state index >= 15 is 0 Å². The van der Waals surface area contributed by atoms with E-state index in [2.05, 4.69) is 31.1 Å². The van der Waals surface area contributed by atoms with Gasteiger partial charge in [-0.05, 0) is 31.2 Å². The maximum atomic E-state index is 11.6. The fraction of sp³-hybridized carbons (Fsp3) is 0.188. The molecule has 0 unspecified atom stereocenters. The predicted octanol–water partition coefficient (Wildman–Crippen LogP) is 1.13. The number of anilines is 4.